The number of nitrogens with one attached hydrogen (secondary N) is 1. The van der Waals surface area contributed by atoms with Gasteiger partial charge in [0.2, 0.25) is 0 Å². The average Bonchev–Trinajstić information content (AvgIpc) is 2.35. The molecule has 1 aromatic heterocycles. The van der Waals surface area contributed by atoms with Gasteiger partial charge in [-0.2, -0.15) is 13.2 Å². The van der Waals surface area contributed by atoms with Crippen LogP contribution in [0.15, 0.2) is 11.4 Å². The molecule has 1 N–H and O–H groups in total. The zero-order valence-electron chi connectivity index (χ0n) is 6.40. The molecule has 1 nitrogen and oxygen atoms in total. The summed E-state index contributed by atoms with van der Waals surface area (Å²) in [6.07, 6.45) is -4.21. The summed E-state index contributed by atoms with van der Waals surface area (Å²) in [5.41, 5.74) is -0.558. The highest BCUT2D eigenvalue weighted by molar-refractivity contribution is 7.10. The maximum absolute atomic E-state index is 12.0. The Morgan fingerprint density at radius 2 is 2.17 bits per heavy atom. The normalized spacial score (nSPS) is 12.0. The monoisotopic (exact) mass is 195 g/mol. The molecule has 1 rings (SSSR count). The minimum Gasteiger partial charge on any atom is -0.315 e. The van der Waals surface area contributed by atoms with Gasteiger partial charge in [-0.15, -0.1) is 11.3 Å². The SMILES string of the molecule is CNCc1cc(C(F)(F)F)cs1. The first-order valence-electron chi connectivity index (χ1n) is 3.33. The Hall–Kier alpha value is -0.550. The average molecular weight is 195 g/mol. The van der Waals surface area contributed by atoms with Gasteiger partial charge < -0.3 is 5.32 Å². The fraction of sp³-hybridized carbons (Fsp3) is 0.429. The number of alkyl halides is 3. The van der Waals surface area contributed by atoms with Gasteiger partial charge in [-0.25, -0.2) is 0 Å². The maximum Gasteiger partial charge on any atom is 0.417 e. The third-order valence-corrected chi connectivity index (χ3v) is 2.27. The quantitative estimate of drug-likeness (QED) is 0.764. The number of halogens is 3. The van der Waals surface area contributed by atoms with E-state index in [4.69, 9.17) is 0 Å². The van der Waals surface area contributed by atoms with E-state index >= 15 is 0 Å². The molecule has 0 aromatic carbocycles. The van der Waals surface area contributed by atoms with Crippen molar-refractivity contribution in [3.05, 3.63) is 21.9 Å². The van der Waals surface area contributed by atoms with E-state index in [0.29, 0.717) is 11.4 Å². The van der Waals surface area contributed by atoms with Crippen LogP contribution in [0.4, 0.5) is 13.2 Å². The lowest BCUT2D eigenvalue weighted by Gasteiger charge is -2.00. The van der Waals surface area contributed by atoms with Crippen LogP contribution in [-0.4, -0.2) is 7.05 Å². The van der Waals surface area contributed by atoms with Crippen LogP contribution in [0.3, 0.4) is 0 Å². The summed E-state index contributed by atoms with van der Waals surface area (Å²) >= 11 is 1.12. The van der Waals surface area contributed by atoms with Crippen LogP contribution in [0.5, 0.6) is 0 Å². The van der Waals surface area contributed by atoms with Crippen molar-refractivity contribution in [3.63, 3.8) is 0 Å². The lowest BCUT2D eigenvalue weighted by molar-refractivity contribution is -0.137. The second kappa shape index (κ2) is 3.45. The highest BCUT2D eigenvalue weighted by atomic mass is 32.1. The Labute approximate surface area is 72.2 Å². The van der Waals surface area contributed by atoms with Gasteiger partial charge in [0.25, 0.3) is 0 Å². The molecule has 5 heteroatoms. The van der Waals surface area contributed by atoms with Crippen molar-refractivity contribution in [3.8, 4) is 0 Å². The van der Waals surface area contributed by atoms with Crippen LogP contribution in [-0.2, 0) is 12.7 Å². The van der Waals surface area contributed by atoms with Crippen LogP contribution in [0, 0.1) is 0 Å². The van der Waals surface area contributed by atoms with E-state index in [1.807, 2.05) is 0 Å². The van der Waals surface area contributed by atoms with E-state index in [-0.39, 0.29) is 0 Å². The first kappa shape index (κ1) is 9.54. The molecule has 0 aliphatic heterocycles. The van der Waals surface area contributed by atoms with Gasteiger partial charge in [0, 0.05) is 16.8 Å². The Balaban J connectivity index is 2.77. The molecule has 0 aliphatic carbocycles. The highest BCUT2D eigenvalue weighted by Crippen LogP contribution is 2.32. The third kappa shape index (κ3) is 2.22. The Bertz CT molecular complexity index is 253. The second-order valence-electron chi connectivity index (χ2n) is 2.33. The van der Waals surface area contributed by atoms with Crippen molar-refractivity contribution >= 4 is 11.3 Å². The first-order chi connectivity index (χ1) is 5.54. The molecule has 68 valence electrons. The van der Waals surface area contributed by atoms with Gasteiger partial charge in [0.15, 0.2) is 0 Å². The molecule has 0 aliphatic rings. The summed E-state index contributed by atoms with van der Waals surface area (Å²) in [6, 6.07) is 1.17. The van der Waals surface area contributed by atoms with E-state index < -0.39 is 11.7 Å². The Morgan fingerprint density at radius 3 is 2.58 bits per heavy atom. The number of rotatable bonds is 2. The molecule has 1 heterocycles. The van der Waals surface area contributed by atoms with Crippen molar-refractivity contribution in [1.29, 1.82) is 0 Å². The van der Waals surface area contributed by atoms with Crippen molar-refractivity contribution in [2.75, 3.05) is 7.05 Å². The minimum atomic E-state index is -4.21. The van der Waals surface area contributed by atoms with E-state index in [9.17, 15) is 13.2 Å². The van der Waals surface area contributed by atoms with Gasteiger partial charge in [-0.05, 0) is 13.1 Å². The van der Waals surface area contributed by atoms with E-state index in [1.165, 1.54) is 6.07 Å². The number of hydrogen-bond donors (Lipinski definition) is 1. The smallest absolute Gasteiger partial charge is 0.315 e. The molecule has 0 saturated heterocycles. The molecule has 0 spiro atoms. The zero-order chi connectivity index (χ0) is 9.19. The summed E-state index contributed by atoms with van der Waals surface area (Å²) in [4.78, 5) is 0.699. The summed E-state index contributed by atoms with van der Waals surface area (Å²) in [6.45, 7) is 0.487. The molecular formula is C7H8F3NS. The summed E-state index contributed by atoms with van der Waals surface area (Å²) in [7, 11) is 1.70. The molecule has 0 amide bonds. The zero-order valence-corrected chi connectivity index (χ0v) is 7.22. The van der Waals surface area contributed by atoms with Crippen LogP contribution in [0.2, 0.25) is 0 Å². The van der Waals surface area contributed by atoms with Crippen molar-refractivity contribution in [1.82, 2.24) is 5.32 Å². The largest absolute Gasteiger partial charge is 0.417 e. The molecule has 0 fully saturated rings. The molecule has 0 unspecified atom stereocenters. The topological polar surface area (TPSA) is 12.0 Å². The molecule has 0 radical (unpaired) electrons. The standard InChI is InChI=1S/C7H8F3NS/c1-11-3-6-2-5(4-12-6)7(8,9)10/h2,4,11H,3H2,1H3. The fourth-order valence-electron chi connectivity index (χ4n) is 0.796. The van der Waals surface area contributed by atoms with Gasteiger partial charge in [-0.1, -0.05) is 0 Å². The number of thiophene rings is 1. The van der Waals surface area contributed by atoms with Gasteiger partial charge >= 0.3 is 6.18 Å². The van der Waals surface area contributed by atoms with Gasteiger partial charge in [0.05, 0.1) is 5.56 Å². The third-order valence-electron chi connectivity index (χ3n) is 1.33. The van der Waals surface area contributed by atoms with Crippen molar-refractivity contribution < 1.29 is 13.2 Å². The molecule has 0 atom stereocenters. The van der Waals surface area contributed by atoms with E-state index in [0.717, 1.165) is 16.7 Å². The number of hydrogen-bond acceptors (Lipinski definition) is 2. The summed E-state index contributed by atoms with van der Waals surface area (Å²) in [5.74, 6) is 0. The Morgan fingerprint density at radius 1 is 1.50 bits per heavy atom. The second-order valence-corrected chi connectivity index (χ2v) is 3.33. The van der Waals surface area contributed by atoms with Crippen molar-refractivity contribution in [2.45, 2.75) is 12.7 Å². The molecule has 0 saturated carbocycles. The van der Waals surface area contributed by atoms with Gasteiger partial charge in [0.1, 0.15) is 0 Å². The van der Waals surface area contributed by atoms with Crippen LogP contribution in [0.25, 0.3) is 0 Å². The lowest BCUT2D eigenvalue weighted by Crippen LogP contribution is -2.04. The predicted octanol–water partition coefficient (Wildman–Crippen LogP) is 2.49. The first-order valence-corrected chi connectivity index (χ1v) is 4.21. The van der Waals surface area contributed by atoms with Crippen LogP contribution < -0.4 is 5.32 Å². The molecular weight excluding hydrogens is 187 g/mol. The van der Waals surface area contributed by atoms with E-state index in [2.05, 4.69) is 5.32 Å². The fourth-order valence-corrected chi connectivity index (χ4v) is 1.70. The van der Waals surface area contributed by atoms with Crippen LogP contribution >= 0.6 is 11.3 Å². The summed E-state index contributed by atoms with van der Waals surface area (Å²) in [5, 5.41) is 3.92. The lowest BCUT2D eigenvalue weighted by atomic mass is 10.3. The minimum absolute atomic E-state index is 0.487. The maximum atomic E-state index is 12.0. The molecule has 0 bridgehead atoms. The van der Waals surface area contributed by atoms with E-state index in [1.54, 1.807) is 7.05 Å². The van der Waals surface area contributed by atoms with Gasteiger partial charge in [-0.3, -0.25) is 0 Å². The van der Waals surface area contributed by atoms with Crippen molar-refractivity contribution in [2.24, 2.45) is 0 Å². The summed E-state index contributed by atoms with van der Waals surface area (Å²) < 4.78 is 36.1. The Kier molecular flexibility index (Phi) is 2.74. The van der Waals surface area contributed by atoms with Crippen LogP contribution in [0.1, 0.15) is 10.4 Å². The predicted molar refractivity (Wildman–Crippen MR) is 42.1 cm³/mol. The molecule has 1 aromatic rings. The molecule has 12 heavy (non-hydrogen) atoms. The highest BCUT2D eigenvalue weighted by Gasteiger charge is 2.31.